The third-order valence-electron chi connectivity index (χ3n) is 3.80. The standard InChI is InChI=1S/C17H30NO9P/c1-11(25-15(21)16(2,3)4)26-28(22)24-10-17(5,6)13(27-28)14(20)18-9-8-12(19)23-7/h11,13H,8-10H2,1-7H3,(H,18,20)/t11?,13-,28-/m0/s1. The fourth-order valence-electron chi connectivity index (χ4n) is 2.09. The highest BCUT2D eigenvalue weighted by atomic mass is 31.2. The summed E-state index contributed by atoms with van der Waals surface area (Å²) in [6.07, 6.45) is -2.38. The molecule has 1 saturated heterocycles. The van der Waals surface area contributed by atoms with Crippen molar-refractivity contribution in [2.45, 2.75) is 60.4 Å². The van der Waals surface area contributed by atoms with Crippen LogP contribution in [0, 0.1) is 10.8 Å². The summed E-state index contributed by atoms with van der Waals surface area (Å²) in [5.74, 6) is -1.60. The Morgan fingerprint density at radius 1 is 1.29 bits per heavy atom. The van der Waals surface area contributed by atoms with Gasteiger partial charge in [-0.3, -0.25) is 23.4 Å². The third-order valence-corrected chi connectivity index (χ3v) is 5.27. The zero-order valence-corrected chi connectivity index (χ0v) is 18.3. The Balaban J connectivity index is 2.75. The molecule has 0 aromatic carbocycles. The molecule has 11 heteroatoms. The number of hydrogen-bond donors (Lipinski definition) is 1. The van der Waals surface area contributed by atoms with Gasteiger partial charge in [0.1, 0.15) is 0 Å². The fraction of sp³-hybridized carbons (Fsp3) is 0.824. The van der Waals surface area contributed by atoms with E-state index >= 15 is 0 Å². The summed E-state index contributed by atoms with van der Waals surface area (Å²) in [7, 11) is -2.91. The number of rotatable bonds is 7. The molecule has 3 atom stereocenters. The molecule has 1 amide bonds. The minimum Gasteiger partial charge on any atom is -0.469 e. The van der Waals surface area contributed by atoms with Gasteiger partial charge in [0.15, 0.2) is 6.10 Å². The van der Waals surface area contributed by atoms with E-state index in [2.05, 4.69) is 10.1 Å². The van der Waals surface area contributed by atoms with Crippen molar-refractivity contribution in [3.63, 3.8) is 0 Å². The van der Waals surface area contributed by atoms with Gasteiger partial charge in [-0.05, 0) is 27.7 Å². The predicted molar refractivity (Wildman–Crippen MR) is 97.9 cm³/mol. The first-order valence-electron chi connectivity index (χ1n) is 8.87. The Kier molecular flexibility index (Phi) is 8.20. The van der Waals surface area contributed by atoms with E-state index < -0.39 is 48.9 Å². The molecule has 1 fully saturated rings. The molecule has 1 aliphatic heterocycles. The quantitative estimate of drug-likeness (QED) is 0.372. The Morgan fingerprint density at radius 2 is 1.89 bits per heavy atom. The summed E-state index contributed by atoms with van der Waals surface area (Å²) in [6.45, 7) is 9.71. The molecule has 0 aromatic heterocycles. The van der Waals surface area contributed by atoms with Crippen LogP contribution in [-0.4, -0.2) is 50.5 Å². The van der Waals surface area contributed by atoms with E-state index in [1.165, 1.54) is 14.0 Å². The van der Waals surface area contributed by atoms with Crippen molar-refractivity contribution in [2.75, 3.05) is 20.3 Å². The highest BCUT2D eigenvalue weighted by molar-refractivity contribution is 7.48. The van der Waals surface area contributed by atoms with Gasteiger partial charge in [-0.1, -0.05) is 13.8 Å². The summed E-state index contributed by atoms with van der Waals surface area (Å²) in [4.78, 5) is 35.5. The topological polar surface area (TPSA) is 126 Å². The van der Waals surface area contributed by atoms with Crippen LogP contribution in [0.15, 0.2) is 0 Å². The van der Waals surface area contributed by atoms with Crippen LogP contribution < -0.4 is 5.32 Å². The minimum absolute atomic E-state index is 0.0140. The smallest absolute Gasteiger partial charge is 0.469 e. The number of ether oxygens (including phenoxy) is 2. The highest BCUT2D eigenvalue weighted by Crippen LogP contribution is 2.58. The maximum atomic E-state index is 12.8. The second-order valence-electron chi connectivity index (χ2n) is 8.14. The summed E-state index contributed by atoms with van der Waals surface area (Å²) in [5, 5.41) is 2.53. The lowest BCUT2D eigenvalue weighted by Crippen LogP contribution is -2.50. The fourth-order valence-corrected chi connectivity index (χ4v) is 3.80. The van der Waals surface area contributed by atoms with Gasteiger partial charge in [0.25, 0.3) is 0 Å². The molecule has 1 N–H and O–H groups in total. The summed E-state index contributed by atoms with van der Waals surface area (Å²) in [5.41, 5.74) is -1.58. The number of phosphoric acid groups is 1. The van der Waals surface area contributed by atoms with Crippen LogP contribution in [0.25, 0.3) is 0 Å². The number of nitrogens with one attached hydrogen (secondary N) is 1. The maximum Gasteiger partial charge on any atom is 0.478 e. The second kappa shape index (κ2) is 9.35. The lowest BCUT2D eigenvalue weighted by atomic mass is 9.87. The van der Waals surface area contributed by atoms with Crippen molar-refractivity contribution < 1.29 is 42.0 Å². The molecule has 28 heavy (non-hydrogen) atoms. The number of hydrogen-bond acceptors (Lipinski definition) is 9. The molecule has 0 saturated carbocycles. The molecule has 0 spiro atoms. The molecular formula is C17H30NO9P. The SMILES string of the molecule is COC(=O)CCNC(=O)[C@@H]1O[P@](=O)(OC(C)OC(=O)C(C)(C)C)OCC1(C)C. The van der Waals surface area contributed by atoms with Gasteiger partial charge in [-0.25, -0.2) is 9.09 Å². The summed E-state index contributed by atoms with van der Waals surface area (Å²) >= 11 is 0. The summed E-state index contributed by atoms with van der Waals surface area (Å²) in [6, 6.07) is 0. The number of methoxy groups -OCH3 is 1. The van der Waals surface area contributed by atoms with Crippen LogP contribution in [0.3, 0.4) is 0 Å². The van der Waals surface area contributed by atoms with Gasteiger partial charge in [-0.2, -0.15) is 0 Å². The molecule has 1 rings (SSSR count). The molecule has 0 aromatic rings. The van der Waals surface area contributed by atoms with Crippen LogP contribution in [0.5, 0.6) is 0 Å². The molecule has 1 aliphatic rings. The van der Waals surface area contributed by atoms with Crippen molar-refractivity contribution in [3.8, 4) is 0 Å². The highest BCUT2D eigenvalue weighted by Gasteiger charge is 2.50. The molecule has 0 aliphatic carbocycles. The first kappa shape index (κ1) is 24.6. The first-order chi connectivity index (χ1) is 12.7. The largest absolute Gasteiger partial charge is 0.478 e. The Labute approximate surface area is 165 Å². The van der Waals surface area contributed by atoms with E-state index in [4.69, 9.17) is 18.3 Å². The molecule has 162 valence electrons. The van der Waals surface area contributed by atoms with Crippen LogP contribution >= 0.6 is 7.82 Å². The van der Waals surface area contributed by atoms with Crippen LogP contribution in [-0.2, 0) is 42.0 Å². The van der Waals surface area contributed by atoms with Crippen molar-refractivity contribution in [1.29, 1.82) is 0 Å². The van der Waals surface area contributed by atoms with Gasteiger partial charge in [-0.15, -0.1) is 0 Å². The van der Waals surface area contributed by atoms with Gasteiger partial charge >= 0.3 is 19.8 Å². The zero-order valence-electron chi connectivity index (χ0n) is 17.4. The maximum absolute atomic E-state index is 12.8. The number of carbonyl (C=O) groups is 3. The van der Waals surface area contributed by atoms with E-state index in [0.29, 0.717) is 0 Å². The Bertz CT molecular complexity index is 641. The van der Waals surface area contributed by atoms with Gasteiger partial charge in [0.2, 0.25) is 12.2 Å². The Hall–Kier alpha value is -1.48. The number of phosphoric ester groups is 1. The minimum atomic E-state index is -4.15. The second-order valence-corrected chi connectivity index (χ2v) is 9.71. The lowest BCUT2D eigenvalue weighted by molar-refractivity contribution is -0.177. The van der Waals surface area contributed by atoms with E-state index in [1.807, 2.05) is 0 Å². The number of carbonyl (C=O) groups excluding carboxylic acids is 3. The average molecular weight is 423 g/mol. The van der Waals surface area contributed by atoms with E-state index in [1.54, 1.807) is 34.6 Å². The van der Waals surface area contributed by atoms with E-state index in [-0.39, 0.29) is 19.6 Å². The van der Waals surface area contributed by atoms with Crippen molar-refractivity contribution in [2.24, 2.45) is 10.8 Å². The monoisotopic (exact) mass is 423 g/mol. The predicted octanol–water partition coefficient (Wildman–Crippen LogP) is 2.17. The summed E-state index contributed by atoms with van der Waals surface area (Å²) < 4.78 is 38.2. The van der Waals surface area contributed by atoms with Crippen molar-refractivity contribution in [1.82, 2.24) is 5.32 Å². The molecule has 0 bridgehead atoms. The van der Waals surface area contributed by atoms with Crippen molar-refractivity contribution >= 4 is 25.7 Å². The van der Waals surface area contributed by atoms with E-state index in [0.717, 1.165) is 0 Å². The zero-order chi connectivity index (χ0) is 21.8. The molecule has 1 heterocycles. The van der Waals surface area contributed by atoms with Crippen LogP contribution in [0.1, 0.15) is 48.0 Å². The van der Waals surface area contributed by atoms with Crippen LogP contribution in [0.4, 0.5) is 0 Å². The van der Waals surface area contributed by atoms with Crippen LogP contribution in [0.2, 0.25) is 0 Å². The number of esters is 2. The third kappa shape index (κ3) is 7.16. The van der Waals surface area contributed by atoms with Gasteiger partial charge < -0.3 is 14.8 Å². The van der Waals surface area contributed by atoms with Gasteiger partial charge in [0, 0.05) is 12.0 Å². The molecule has 1 unspecified atom stereocenters. The normalized spacial score (nSPS) is 25.5. The Morgan fingerprint density at radius 3 is 2.43 bits per heavy atom. The van der Waals surface area contributed by atoms with Crippen molar-refractivity contribution in [3.05, 3.63) is 0 Å². The van der Waals surface area contributed by atoms with E-state index in [9.17, 15) is 18.9 Å². The average Bonchev–Trinajstić information content (AvgIpc) is 2.56. The van der Waals surface area contributed by atoms with Gasteiger partial charge in [0.05, 0.1) is 25.6 Å². The molecule has 10 nitrogen and oxygen atoms in total. The number of amides is 1. The first-order valence-corrected chi connectivity index (χ1v) is 10.3. The lowest BCUT2D eigenvalue weighted by Gasteiger charge is -2.39. The molecular weight excluding hydrogens is 393 g/mol. The molecule has 0 radical (unpaired) electrons.